The summed E-state index contributed by atoms with van der Waals surface area (Å²) in [5.41, 5.74) is 2.81. The summed E-state index contributed by atoms with van der Waals surface area (Å²) in [5.74, 6) is 0.589. The molecule has 196 valence electrons. The van der Waals surface area contributed by atoms with Crippen LogP contribution in [-0.4, -0.2) is 35.1 Å². The number of aryl methyl sites for hydroxylation is 1. The first-order chi connectivity index (χ1) is 17.7. The Kier molecular flexibility index (Phi) is 11.4. The van der Waals surface area contributed by atoms with Crippen molar-refractivity contribution in [3.63, 3.8) is 0 Å². The van der Waals surface area contributed by atoms with Crippen LogP contribution in [0.15, 0.2) is 77.7 Å². The molecule has 3 aromatic rings. The lowest BCUT2D eigenvalue weighted by Crippen LogP contribution is -2.51. The molecule has 37 heavy (non-hydrogen) atoms. The molecule has 1 N–H and O–H groups in total. The van der Waals surface area contributed by atoms with E-state index in [4.69, 9.17) is 23.2 Å². The summed E-state index contributed by atoms with van der Waals surface area (Å²) in [4.78, 5) is 30.0. The van der Waals surface area contributed by atoms with Gasteiger partial charge in [0.05, 0.1) is 0 Å². The van der Waals surface area contributed by atoms with Gasteiger partial charge in [-0.15, -0.1) is 11.8 Å². The van der Waals surface area contributed by atoms with E-state index >= 15 is 0 Å². The van der Waals surface area contributed by atoms with Gasteiger partial charge in [-0.25, -0.2) is 0 Å². The van der Waals surface area contributed by atoms with Gasteiger partial charge in [0.15, 0.2) is 0 Å². The fourth-order valence-corrected chi connectivity index (χ4v) is 5.22. The Morgan fingerprint density at radius 3 is 2.19 bits per heavy atom. The van der Waals surface area contributed by atoms with Crippen LogP contribution in [0.1, 0.15) is 37.0 Å². The summed E-state index contributed by atoms with van der Waals surface area (Å²) >= 11 is 14.6. The van der Waals surface area contributed by atoms with E-state index in [1.54, 1.807) is 34.9 Å². The average molecular weight is 558 g/mol. The maximum atomic E-state index is 13.7. The van der Waals surface area contributed by atoms with Gasteiger partial charge in [0.1, 0.15) is 6.04 Å². The topological polar surface area (TPSA) is 49.4 Å². The minimum absolute atomic E-state index is 0.115. The highest BCUT2D eigenvalue weighted by molar-refractivity contribution is 7.99. The average Bonchev–Trinajstić information content (AvgIpc) is 2.88. The Bertz CT molecular complexity index is 1150. The highest BCUT2D eigenvalue weighted by atomic mass is 35.5. The van der Waals surface area contributed by atoms with Crippen LogP contribution in [0.25, 0.3) is 0 Å². The molecule has 0 aromatic heterocycles. The van der Waals surface area contributed by atoms with Gasteiger partial charge in [-0.3, -0.25) is 9.59 Å². The first-order valence-electron chi connectivity index (χ1n) is 12.5. The maximum Gasteiger partial charge on any atom is 0.243 e. The van der Waals surface area contributed by atoms with Crippen molar-refractivity contribution in [2.75, 3.05) is 12.3 Å². The molecule has 0 saturated heterocycles. The molecular weight excluding hydrogens is 523 g/mol. The van der Waals surface area contributed by atoms with Gasteiger partial charge in [0.2, 0.25) is 11.8 Å². The van der Waals surface area contributed by atoms with Gasteiger partial charge < -0.3 is 10.2 Å². The molecule has 0 radical (unpaired) electrons. The van der Waals surface area contributed by atoms with Crippen LogP contribution in [0.2, 0.25) is 10.0 Å². The molecule has 1 atom stereocenters. The number of benzene rings is 3. The van der Waals surface area contributed by atoms with E-state index in [0.717, 1.165) is 10.5 Å². The van der Waals surface area contributed by atoms with Crippen LogP contribution in [-0.2, 0) is 22.6 Å². The summed E-state index contributed by atoms with van der Waals surface area (Å²) in [7, 11) is 0. The zero-order chi connectivity index (χ0) is 26.8. The van der Waals surface area contributed by atoms with Crippen molar-refractivity contribution >= 4 is 46.8 Å². The number of hydrogen-bond acceptors (Lipinski definition) is 3. The minimum Gasteiger partial charge on any atom is -0.354 e. The van der Waals surface area contributed by atoms with E-state index in [1.807, 2.05) is 51.1 Å². The van der Waals surface area contributed by atoms with Crippen LogP contribution in [0, 0.1) is 12.8 Å². The molecule has 2 amide bonds. The van der Waals surface area contributed by atoms with Crippen molar-refractivity contribution in [2.24, 2.45) is 5.92 Å². The van der Waals surface area contributed by atoms with Gasteiger partial charge in [0.25, 0.3) is 0 Å². The summed E-state index contributed by atoms with van der Waals surface area (Å²) in [6.45, 7) is 6.82. The van der Waals surface area contributed by atoms with Gasteiger partial charge in [-0.1, -0.05) is 91.1 Å². The highest BCUT2D eigenvalue weighted by Crippen LogP contribution is 2.28. The Morgan fingerprint density at radius 1 is 0.919 bits per heavy atom. The fourth-order valence-electron chi connectivity index (χ4n) is 3.86. The zero-order valence-electron chi connectivity index (χ0n) is 21.5. The number of carbonyl (C=O) groups excluding carboxylic acids is 2. The number of nitrogens with zero attached hydrogens (tertiary/aromatic N) is 1. The Hall–Kier alpha value is -2.47. The van der Waals surface area contributed by atoms with Crippen molar-refractivity contribution in [3.05, 3.63) is 99.5 Å². The molecule has 0 bridgehead atoms. The highest BCUT2D eigenvalue weighted by Gasteiger charge is 2.31. The normalized spacial score (nSPS) is 11.8. The molecule has 7 heteroatoms. The van der Waals surface area contributed by atoms with Crippen molar-refractivity contribution < 1.29 is 9.59 Å². The molecule has 0 heterocycles. The van der Waals surface area contributed by atoms with E-state index in [9.17, 15) is 9.59 Å². The minimum atomic E-state index is -0.703. The van der Waals surface area contributed by atoms with Crippen LogP contribution in [0.5, 0.6) is 0 Å². The molecule has 0 fully saturated rings. The fraction of sp³-hybridized carbons (Fsp3) is 0.333. The number of carbonyl (C=O) groups is 2. The summed E-state index contributed by atoms with van der Waals surface area (Å²) in [6, 6.07) is 22.6. The quantitative estimate of drug-likeness (QED) is 0.240. The van der Waals surface area contributed by atoms with Gasteiger partial charge in [-0.2, -0.15) is 0 Å². The second kappa shape index (κ2) is 14.5. The second-order valence-electron chi connectivity index (χ2n) is 9.48. The molecule has 0 spiro atoms. The third-order valence-corrected chi connectivity index (χ3v) is 7.67. The van der Waals surface area contributed by atoms with Crippen LogP contribution in [0.4, 0.5) is 0 Å². The lowest BCUT2D eigenvalue weighted by molar-refractivity contribution is -0.141. The molecule has 0 aliphatic heterocycles. The molecule has 0 aliphatic rings. The predicted molar refractivity (Wildman–Crippen MR) is 155 cm³/mol. The molecular formula is C30H34Cl2N2O2S. The van der Waals surface area contributed by atoms with Gasteiger partial charge >= 0.3 is 0 Å². The number of halogens is 2. The monoisotopic (exact) mass is 556 g/mol. The van der Waals surface area contributed by atoms with E-state index in [-0.39, 0.29) is 30.7 Å². The predicted octanol–water partition coefficient (Wildman–Crippen LogP) is 7.20. The van der Waals surface area contributed by atoms with Crippen molar-refractivity contribution in [3.8, 4) is 0 Å². The van der Waals surface area contributed by atoms with E-state index in [1.165, 1.54) is 5.56 Å². The molecule has 0 saturated carbocycles. The molecule has 0 aliphatic carbocycles. The lowest BCUT2D eigenvalue weighted by atomic mass is 10.0. The molecule has 0 unspecified atom stereocenters. The van der Waals surface area contributed by atoms with Crippen molar-refractivity contribution in [1.29, 1.82) is 0 Å². The number of rotatable bonds is 12. The number of thioether (sulfide) groups is 1. The van der Waals surface area contributed by atoms with E-state index in [2.05, 4.69) is 29.6 Å². The van der Waals surface area contributed by atoms with Gasteiger partial charge in [0, 0.05) is 52.2 Å². The Labute approximate surface area is 234 Å². The second-order valence-corrected chi connectivity index (χ2v) is 11.5. The SMILES string of the molecule is Cc1ccc(SCCC(=O)N(Cc2c(Cl)cccc2Cl)[C@H](Cc2ccccc2)C(=O)NCC(C)C)cc1. The van der Waals surface area contributed by atoms with Crippen molar-refractivity contribution in [2.45, 2.75) is 51.1 Å². The first kappa shape index (κ1) is 29.1. The zero-order valence-corrected chi connectivity index (χ0v) is 23.9. The summed E-state index contributed by atoms with van der Waals surface area (Å²) in [5, 5.41) is 3.98. The molecule has 4 nitrogen and oxygen atoms in total. The van der Waals surface area contributed by atoms with Crippen LogP contribution >= 0.6 is 35.0 Å². The molecule has 3 rings (SSSR count). The smallest absolute Gasteiger partial charge is 0.243 e. The number of amides is 2. The standard InChI is InChI=1S/C30H34Cl2N2O2S/c1-21(2)19-33-30(36)28(18-23-8-5-4-6-9-23)34(20-25-26(31)10-7-11-27(25)32)29(35)16-17-37-24-14-12-22(3)13-15-24/h4-15,21,28H,16-20H2,1-3H3,(H,33,36)/t28-/m1/s1. The largest absolute Gasteiger partial charge is 0.354 e. The maximum absolute atomic E-state index is 13.7. The van der Waals surface area contributed by atoms with E-state index < -0.39 is 6.04 Å². The Balaban J connectivity index is 1.88. The van der Waals surface area contributed by atoms with Crippen molar-refractivity contribution in [1.82, 2.24) is 10.2 Å². The van der Waals surface area contributed by atoms with E-state index in [0.29, 0.717) is 34.3 Å². The third kappa shape index (κ3) is 9.10. The summed E-state index contributed by atoms with van der Waals surface area (Å²) in [6.07, 6.45) is 0.674. The lowest BCUT2D eigenvalue weighted by Gasteiger charge is -2.32. The van der Waals surface area contributed by atoms with Crippen LogP contribution < -0.4 is 5.32 Å². The number of hydrogen-bond donors (Lipinski definition) is 1. The summed E-state index contributed by atoms with van der Waals surface area (Å²) < 4.78 is 0. The van der Waals surface area contributed by atoms with Gasteiger partial charge in [-0.05, 0) is 42.7 Å². The number of nitrogens with one attached hydrogen (secondary N) is 1. The molecule has 3 aromatic carbocycles. The Morgan fingerprint density at radius 2 is 1.57 bits per heavy atom. The first-order valence-corrected chi connectivity index (χ1v) is 14.2. The third-order valence-electron chi connectivity index (χ3n) is 5.95. The van der Waals surface area contributed by atoms with Crippen LogP contribution in [0.3, 0.4) is 0 Å².